The van der Waals surface area contributed by atoms with Crippen LogP contribution in [0.2, 0.25) is 0 Å². The highest BCUT2D eigenvalue weighted by molar-refractivity contribution is 7.92. The van der Waals surface area contributed by atoms with Gasteiger partial charge in [-0.25, -0.2) is 12.8 Å². The average molecular weight is 468 g/mol. The molecule has 0 radical (unpaired) electrons. The lowest BCUT2D eigenvalue weighted by molar-refractivity contribution is 0.0938. The number of amides is 1. The van der Waals surface area contributed by atoms with Crippen LogP contribution < -0.4 is 10.0 Å². The van der Waals surface area contributed by atoms with E-state index in [1.807, 2.05) is 18.2 Å². The predicted octanol–water partition coefficient (Wildman–Crippen LogP) is 4.19. The Morgan fingerprint density at radius 3 is 2.18 bits per heavy atom. The lowest BCUT2D eigenvalue weighted by Gasteiger charge is -2.28. The maximum Gasteiger partial charge on any atom is 0.261 e. The summed E-state index contributed by atoms with van der Waals surface area (Å²) in [7, 11) is -3.85. The fraction of sp³-hybridized carbons (Fsp3) is 0.240. The van der Waals surface area contributed by atoms with Gasteiger partial charge in [0.25, 0.3) is 15.9 Å². The summed E-state index contributed by atoms with van der Waals surface area (Å²) in [6, 6.07) is 21.0. The second kappa shape index (κ2) is 10.1. The lowest BCUT2D eigenvalue weighted by atomic mass is 10.1. The van der Waals surface area contributed by atoms with Crippen LogP contribution >= 0.6 is 0 Å². The van der Waals surface area contributed by atoms with Crippen LogP contribution in [0, 0.1) is 5.82 Å². The number of rotatable bonds is 8. The molecular formula is C25H26FN3O3S. The van der Waals surface area contributed by atoms with E-state index in [0.717, 1.165) is 31.5 Å². The predicted molar refractivity (Wildman–Crippen MR) is 126 cm³/mol. The zero-order chi connectivity index (χ0) is 23.3. The summed E-state index contributed by atoms with van der Waals surface area (Å²) >= 11 is 0. The molecule has 3 aromatic rings. The molecule has 4 rings (SSSR count). The van der Waals surface area contributed by atoms with Gasteiger partial charge in [-0.05, 0) is 80.0 Å². The molecule has 1 amide bonds. The summed E-state index contributed by atoms with van der Waals surface area (Å²) in [5.74, 6) is -0.710. The summed E-state index contributed by atoms with van der Waals surface area (Å²) in [4.78, 5) is 15.1. The number of halogens is 1. The monoisotopic (exact) mass is 467 g/mol. The molecule has 0 unspecified atom stereocenters. The van der Waals surface area contributed by atoms with Crippen LogP contribution in [0.3, 0.4) is 0 Å². The Morgan fingerprint density at radius 2 is 1.55 bits per heavy atom. The van der Waals surface area contributed by atoms with Crippen LogP contribution in [0.1, 0.15) is 34.8 Å². The van der Waals surface area contributed by atoms with Crippen LogP contribution in [0.5, 0.6) is 0 Å². The van der Waals surface area contributed by atoms with Crippen molar-refractivity contribution in [1.82, 2.24) is 10.2 Å². The van der Waals surface area contributed by atoms with Crippen LogP contribution in [0.15, 0.2) is 83.8 Å². The summed E-state index contributed by atoms with van der Waals surface area (Å²) < 4.78 is 40.6. The quantitative estimate of drug-likeness (QED) is 0.521. The lowest BCUT2D eigenvalue weighted by Crippen LogP contribution is -2.36. The standard InChI is InChI=1S/C25H26FN3O3S/c26-21-10-12-22(13-11-21)28-33(31,32)23-14-8-20(9-15-23)25(30)27-18-24(29-16-4-5-17-29)19-6-2-1-3-7-19/h1-3,6-15,24,28H,4-5,16-18H2,(H,27,30)/t24-/m0/s1. The fourth-order valence-corrected chi connectivity index (χ4v) is 5.05. The Morgan fingerprint density at radius 1 is 0.909 bits per heavy atom. The average Bonchev–Trinajstić information content (AvgIpc) is 3.36. The molecule has 33 heavy (non-hydrogen) atoms. The van der Waals surface area contributed by atoms with Gasteiger partial charge in [0.05, 0.1) is 10.9 Å². The molecule has 3 aromatic carbocycles. The van der Waals surface area contributed by atoms with E-state index in [1.165, 1.54) is 48.5 Å². The largest absolute Gasteiger partial charge is 0.350 e. The number of anilines is 1. The van der Waals surface area contributed by atoms with Gasteiger partial charge < -0.3 is 5.32 Å². The number of hydrogen-bond donors (Lipinski definition) is 2. The zero-order valence-corrected chi connectivity index (χ0v) is 18.9. The Labute approximate surface area is 193 Å². The smallest absolute Gasteiger partial charge is 0.261 e. The van der Waals surface area contributed by atoms with Crippen LogP contribution in [0.4, 0.5) is 10.1 Å². The van der Waals surface area contributed by atoms with Crippen molar-refractivity contribution in [2.24, 2.45) is 0 Å². The number of likely N-dealkylation sites (tertiary alicyclic amines) is 1. The van der Waals surface area contributed by atoms with Crippen molar-refractivity contribution < 1.29 is 17.6 Å². The summed E-state index contributed by atoms with van der Waals surface area (Å²) in [5, 5.41) is 3.00. The van der Waals surface area contributed by atoms with Crippen LogP contribution in [-0.2, 0) is 10.0 Å². The zero-order valence-electron chi connectivity index (χ0n) is 18.1. The number of benzene rings is 3. The van der Waals surface area contributed by atoms with Gasteiger partial charge in [0, 0.05) is 17.8 Å². The van der Waals surface area contributed by atoms with Gasteiger partial charge in [-0.15, -0.1) is 0 Å². The molecule has 6 nitrogen and oxygen atoms in total. The second-order valence-corrected chi connectivity index (χ2v) is 9.70. The molecule has 2 N–H and O–H groups in total. The fourth-order valence-electron chi connectivity index (χ4n) is 4.00. The Kier molecular flexibility index (Phi) is 7.05. The van der Waals surface area contributed by atoms with E-state index < -0.39 is 15.8 Å². The van der Waals surface area contributed by atoms with Crippen molar-refractivity contribution in [3.05, 3.63) is 95.8 Å². The van der Waals surface area contributed by atoms with Gasteiger partial charge >= 0.3 is 0 Å². The molecule has 1 atom stereocenters. The van der Waals surface area contributed by atoms with E-state index in [9.17, 15) is 17.6 Å². The summed E-state index contributed by atoms with van der Waals surface area (Å²) in [5.41, 5.74) is 1.80. The molecule has 1 saturated heterocycles. The highest BCUT2D eigenvalue weighted by atomic mass is 32.2. The van der Waals surface area contributed by atoms with E-state index in [-0.39, 0.29) is 22.5 Å². The Bertz CT molecular complexity index is 1180. The minimum Gasteiger partial charge on any atom is -0.350 e. The molecule has 8 heteroatoms. The van der Waals surface area contributed by atoms with Crippen molar-refractivity contribution in [3.8, 4) is 0 Å². The molecular weight excluding hydrogens is 441 g/mol. The minimum absolute atomic E-state index is 0.0163. The SMILES string of the molecule is O=C(NC[C@@H](c1ccccc1)N1CCCC1)c1ccc(S(=O)(=O)Nc2ccc(F)cc2)cc1. The number of nitrogens with zero attached hydrogens (tertiary/aromatic N) is 1. The van der Waals surface area contributed by atoms with E-state index in [1.54, 1.807) is 0 Å². The van der Waals surface area contributed by atoms with Crippen molar-refractivity contribution in [2.45, 2.75) is 23.8 Å². The van der Waals surface area contributed by atoms with E-state index >= 15 is 0 Å². The maximum absolute atomic E-state index is 13.0. The highest BCUT2D eigenvalue weighted by Gasteiger charge is 2.24. The second-order valence-electron chi connectivity index (χ2n) is 8.02. The van der Waals surface area contributed by atoms with Gasteiger partial charge in [0.1, 0.15) is 5.82 Å². The first-order valence-corrected chi connectivity index (χ1v) is 12.4. The summed E-state index contributed by atoms with van der Waals surface area (Å²) in [6.45, 7) is 2.47. The van der Waals surface area contributed by atoms with Crippen molar-refractivity contribution >= 4 is 21.6 Å². The van der Waals surface area contributed by atoms with Gasteiger partial charge in [0.15, 0.2) is 0 Å². The van der Waals surface area contributed by atoms with Crippen LogP contribution in [-0.4, -0.2) is 38.9 Å². The van der Waals surface area contributed by atoms with Gasteiger partial charge in [-0.3, -0.25) is 14.4 Å². The maximum atomic E-state index is 13.0. The molecule has 1 aliphatic heterocycles. The molecule has 0 aromatic heterocycles. The Balaban J connectivity index is 1.41. The molecule has 172 valence electrons. The van der Waals surface area contributed by atoms with Crippen molar-refractivity contribution in [1.29, 1.82) is 0 Å². The summed E-state index contributed by atoms with van der Waals surface area (Å²) in [6.07, 6.45) is 2.30. The van der Waals surface area contributed by atoms with Crippen LogP contribution in [0.25, 0.3) is 0 Å². The van der Waals surface area contributed by atoms with E-state index in [0.29, 0.717) is 12.1 Å². The van der Waals surface area contributed by atoms with E-state index in [2.05, 4.69) is 27.1 Å². The first kappa shape index (κ1) is 22.9. The molecule has 0 bridgehead atoms. The molecule has 0 spiro atoms. The normalized spacial score (nSPS) is 15.2. The van der Waals surface area contributed by atoms with Gasteiger partial charge in [-0.1, -0.05) is 30.3 Å². The third-order valence-electron chi connectivity index (χ3n) is 5.74. The first-order chi connectivity index (χ1) is 15.9. The molecule has 0 saturated carbocycles. The topological polar surface area (TPSA) is 78.5 Å². The molecule has 0 aliphatic carbocycles. The van der Waals surface area contributed by atoms with Crippen molar-refractivity contribution in [2.75, 3.05) is 24.4 Å². The molecule has 1 heterocycles. The first-order valence-electron chi connectivity index (χ1n) is 10.9. The van der Waals surface area contributed by atoms with Gasteiger partial charge in [-0.2, -0.15) is 0 Å². The van der Waals surface area contributed by atoms with Gasteiger partial charge in [0.2, 0.25) is 0 Å². The number of nitrogens with one attached hydrogen (secondary N) is 2. The highest BCUT2D eigenvalue weighted by Crippen LogP contribution is 2.24. The molecule has 1 fully saturated rings. The minimum atomic E-state index is -3.85. The number of carbonyl (C=O) groups is 1. The number of hydrogen-bond acceptors (Lipinski definition) is 4. The number of sulfonamides is 1. The molecule has 1 aliphatic rings. The van der Waals surface area contributed by atoms with Crippen molar-refractivity contribution in [3.63, 3.8) is 0 Å². The third-order valence-corrected chi connectivity index (χ3v) is 7.14. The van der Waals surface area contributed by atoms with E-state index in [4.69, 9.17) is 0 Å². The number of carbonyl (C=O) groups excluding carboxylic acids is 1. The Hall–Kier alpha value is -3.23. The third kappa shape index (κ3) is 5.77.